The summed E-state index contributed by atoms with van der Waals surface area (Å²) in [6, 6.07) is 1.24. The number of carbonyl (C=O) groups is 1. The normalized spacial score (nSPS) is 11.4. The molecule has 0 radical (unpaired) electrons. The van der Waals surface area contributed by atoms with Gasteiger partial charge in [-0.25, -0.2) is 8.78 Å². The van der Waals surface area contributed by atoms with Gasteiger partial charge in [-0.1, -0.05) is 0 Å². The number of nitrogens with two attached hydrogens (primary N) is 1. The van der Waals surface area contributed by atoms with Crippen molar-refractivity contribution < 1.29 is 26.7 Å². The molecule has 0 fully saturated rings. The average Bonchev–Trinajstić information content (AvgIpc) is 2.28. The van der Waals surface area contributed by atoms with Crippen LogP contribution in [0.15, 0.2) is 12.1 Å². The van der Waals surface area contributed by atoms with E-state index in [2.05, 4.69) is 5.32 Å². The predicted octanol–water partition coefficient (Wildman–Crippen LogP) is 2.62. The molecule has 1 amide bonds. The van der Waals surface area contributed by atoms with Gasteiger partial charge in [0.15, 0.2) is 0 Å². The molecule has 0 aromatic heterocycles. The standard InChI is InChI=1S/C11H11F5N2O/c12-7-5-8(13)9(17)4-6(7)10(19)18-3-1-2-11(14,15)16/h4-5H,1-3,17H2,(H,18,19). The number of hydrogen-bond donors (Lipinski definition) is 2. The van der Waals surface area contributed by atoms with E-state index in [1.54, 1.807) is 0 Å². The van der Waals surface area contributed by atoms with Gasteiger partial charge in [-0.05, 0) is 12.5 Å². The topological polar surface area (TPSA) is 55.1 Å². The van der Waals surface area contributed by atoms with Crippen LogP contribution in [-0.4, -0.2) is 18.6 Å². The van der Waals surface area contributed by atoms with Crippen molar-refractivity contribution in [1.82, 2.24) is 5.32 Å². The summed E-state index contributed by atoms with van der Waals surface area (Å²) in [5.41, 5.74) is 4.25. The minimum Gasteiger partial charge on any atom is -0.396 e. The lowest BCUT2D eigenvalue weighted by molar-refractivity contribution is -0.135. The van der Waals surface area contributed by atoms with Gasteiger partial charge in [0.2, 0.25) is 0 Å². The number of rotatable bonds is 4. The third kappa shape index (κ3) is 4.72. The van der Waals surface area contributed by atoms with Crippen molar-refractivity contribution in [2.75, 3.05) is 12.3 Å². The Hall–Kier alpha value is -1.86. The maximum atomic E-state index is 13.2. The third-order valence-electron chi connectivity index (χ3n) is 2.25. The number of benzene rings is 1. The Balaban J connectivity index is 2.57. The highest BCUT2D eigenvalue weighted by Gasteiger charge is 2.26. The first-order valence-electron chi connectivity index (χ1n) is 5.30. The number of hydrogen-bond acceptors (Lipinski definition) is 2. The lowest BCUT2D eigenvalue weighted by Crippen LogP contribution is -2.26. The Kier molecular flexibility index (Phi) is 4.68. The zero-order chi connectivity index (χ0) is 14.6. The average molecular weight is 282 g/mol. The van der Waals surface area contributed by atoms with E-state index in [0.29, 0.717) is 6.07 Å². The van der Waals surface area contributed by atoms with Crippen LogP contribution in [0.2, 0.25) is 0 Å². The molecule has 1 aromatic carbocycles. The first-order chi connectivity index (χ1) is 8.70. The van der Waals surface area contributed by atoms with Gasteiger partial charge in [-0.2, -0.15) is 13.2 Å². The minimum atomic E-state index is -4.31. The highest BCUT2D eigenvalue weighted by atomic mass is 19.4. The van der Waals surface area contributed by atoms with E-state index in [9.17, 15) is 26.7 Å². The number of alkyl halides is 3. The fraction of sp³-hybridized carbons (Fsp3) is 0.364. The van der Waals surface area contributed by atoms with E-state index in [-0.39, 0.29) is 13.0 Å². The molecule has 8 heteroatoms. The molecule has 3 nitrogen and oxygen atoms in total. The first kappa shape index (κ1) is 15.2. The molecule has 1 rings (SSSR count). The molecule has 0 bridgehead atoms. The maximum absolute atomic E-state index is 13.2. The molecule has 0 unspecified atom stereocenters. The number of anilines is 1. The van der Waals surface area contributed by atoms with Crippen LogP contribution in [0, 0.1) is 11.6 Å². The van der Waals surface area contributed by atoms with Gasteiger partial charge in [-0.15, -0.1) is 0 Å². The lowest BCUT2D eigenvalue weighted by Gasteiger charge is -2.08. The fourth-order valence-electron chi connectivity index (χ4n) is 1.33. The Morgan fingerprint density at radius 2 is 1.84 bits per heavy atom. The van der Waals surface area contributed by atoms with E-state index in [1.807, 2.05) is 0 Å². The summed E-state index contributed by atoms with van der Waals surface area (Å²) in [6.07, 6.45) is -5.69. The summed E-state index contributed by atoms with van der Waals surface area (Å²) < 4.78 is 61.6. The van der Waals surface area contributed by atoms with Crippen LogP contribution in [-0.2, 0) is 0 Å². The lowest BCUT2D eigenvalue weighted by atomic mass is 10.1. The Bertz CT molecular complexity index is 473. The van der Waals surface area contributed by atoms with Gasteiger partial charge in [-0.3, -0.25) is 4.79 Å². The zero-order valence-corrected chi connectivity index (χ0v) is 9.65. The number of nitrogen functional groups attached to an aromatic ring is 1. The summed E-state index contributed by atoms with van der Waals surface area (Å²) in [5, 5.41) is 2.10. The second-order valence-corrected chi connectivity index (χ2v) is 3.83. The molecule has 0 spiro atoms. The third-order valence-corrected chi connectivity index (χ3v) is 2.25. The molecule has 3 N–H and O–H groups in total. The van der Waals surface area contributed by atoms with E-state index in [1.165, 1.54) is 0 Å². The van der Waals surface area contributed by atoms with Gasteiger partial charge >= 0.3 is 6.18 Å². The number of carbonyl (C=O) groups excluding carboxylic acids is 1. The number of nitrogens with one attached hydrogen (secondary N) is 1. The summed E-state index contributed by atoms with van der Waals surface area (Å²) >= 11 is 0. The molecule has 0 saturated carbocycles. The van der Waals surface area contributed by atoms with E-state index >= 15 is 0 Å². The molecule has 0 atom stereocenters. The summed E-state index contributed by atoms with van der Waals surface area (Å²) in [7, 11) is 0. The molecule has 106 valence electrons. The molecular weight excluding hydrogens is 271 g/mol. The van der Waals surface area contributed by atoms with Crippen molar-refractivity contribution in [3.8, 4) is 0 Å². The van der Waals surface area contributed by atoms with Gasteiger partial charge in [0.25, 0.3) is 5.91 Å². The molecule has 0 aliphatic heterocycles. The van der Waals surface area contributed by atoms with Crippen molar-refractivity contribution in [1.29, 1.82) is 0 Å². The van der Waals surface area contributed by atoms with Gasteiger partial charge in [0.1, 0.15) is 11.6 Å². The van der Waals surface area contributed by atoms with Crippen molar-refractivity contribution in [2.24, 2.45) is 0 Å². The number of halogens is 5. The predicted molar refractivity (Wildman–Crippen MR) is 58.4 cm³/mol. The highest BCUT2D eigenvalue weighted by Crippen LogP contribution is 2.21. The quantitative estimate of drug-likeness (QED) is 0.506. The molecule has 0 aliphatic carbocycles. The van der Waals surface area contributed by atoms with Crippen LogP contribution in [0.4, 0.5) is 27.6 Å². The van der Waals surface area contributed by atoms with E-state index < -0.39 is 41.4 Å². The molecular formula is C11H11F5N2O. The zero-order valence-electron chi connectivity index (χ0n) is 9.65. The molecule has 1 aromatic rings. The van der Waals surface area contributed by atoms with Crippen LogP contribution in [0.3, 0.4) is 0 Å². The van der Waals surface area contributed by atoms with E-state index in [4.69, 9.17) is 5.73 Å². The smallest absolute Gasteiger partial charge is 0.389 e. The van der Waals surface area contributed by atoms with Crippen LogP contribution in [0.1, 0.15) is 23.2 Å². The van der Waals surface area contributed by atoms with Crippen LogP contribution < -0.4 is 11.1 Å². The summed E-state index contributed by atoms with van der Waals surface area (Å²) in [6.45, 7) is -0.269. The fourth-order valence-corrected chi connectivity index (χ4v) is 1.33. The molecule has 0 heterocycles. The highest BCUT2D eigenvalue weighted by molar-refractivity contribution is 5.95. The second-order valence-electron chi connectivity index (χ2n) is 3.83. The monoisotopic (exact) mass is 282 g/mol. The van der Waals surface area contributed by atoms with Crippen molar-refractivity contribution in [2.45, 2.75) is 19.0 Å². The maximum Gasteiger partial charge on any atom is 0.389 e. The van der Waals surface area contributed by atoms with Crippen LogP contribution in [0.25, 0.3) is 0 Å². The summed E-state index contributed by atoms with van der Waals surface area (Å²) in [4.78, 5) is 11.4. The molecule has 0 saturated heterocycles. The first-order valence-corrected chi connectivity index (χ1v) is 5.30. The Morgan fingerprint density at radius 3 is 2.42 bits per heavy atom. The van der Waals surface area contributed by atoms with Gasteiger partial charge in [0.05, 0.1) is 11.3 Å². The SMILES string of the molecule is Nc1cc(C(=O)NCCCC(F)(F)F)c(F)cc1F. The van der Waals surface area contributed by atoms with Crippen molar-refractivity contribution >= 4 is 11.6 Å². The van der Waals surface area contributed by atoms with Crippen LogP contribution >= 0.6 is 0 Å². The summed E-state index contributed by atoms with van der Waals surface area (Å²) in [5.74, 6) is -3.07. The largest absolute Gasteiger partial charge is 0.396 e. The molecule has 19 heavy (non-hydrogen) atoms. The number of amides is 1. The molecule has 0 aliphatic rings. The Morgan fingerprint density at radius 1 is 1.21 bits per heavy atom. The second kappa shape index (κ2) is 5.85. The van der Waals surface area contributed by atoms with Crippen molar-refractivity contribution in [3.05, 3.63) is 29.3 Å². The van der Waals surface area contributed by atoms with Gasteiger partial charge in [0, 0.05) is 19.0 Å². The van der Waals surface area contributed by atoms with Gasteiger partial charge < -0.3 is 11.1 Å². The Labute approximate surface area is 105 Å². The minimum absolute atomic E-state index is 0.269. The van der Waals surface area contributed by atoms with Crippen LogP contribution in [0.5, 0.6) is 0 Å². The van der Waals surface area contributed by atoms with Crippen molar-refractivity contribution in [3.63, 3.8) is 0 Å². The van der Waals surface area contributed by atoms with E-state index in [0.717, 1.165) is 6.07 Å².